The van der Waals surface area contributed by atoms with Crippen LogP contribution in [0.1, 0.15) is 49.9 Å². The minimum Gasteiger partial charge on any atom is -0.372 e. The number of nitrogens with one attached hydrogen (secondary N) is 1. The van der Waals surface area contributed by atoms with Crippen molar-refractivity contribution >= 4 is 45.3 Å². The molecule has 1 aromatic rings. The molecule has 1 aliphatic heterocycles. The van der Waals surface area contributed by atoms with Gasteiger partial charge in [-0.1, -0.05) is 20.8 Å². The van der Waals surface area contributed by atoms with Crippen LogP contribution in [-0.4, -0.2) is 33.8 Å². The Morgan fingerprint density at radius 3 is 2.60 bits per heavy atom. The van der Waals surface area contributed by atoms with Crippen LogP contribution in [0.2, 0.25) is 0 Å². The second kappa shape index (κ2) is 7.36. The standard InChI is InChI=1S/C14H22BrN3S2/c1-5-9-12(20-7-6-19-9)14-17-11(8(2)3)10(15)13(16-4)18-14/h8-9,12H,5-7H2,1-4H3,(H,16,17,18). The second-order valence-corrected chi connectivity index (χ2v) is 8.53. The predicted octanol–water partition coefficient (Wildman–Crippen LogP) is 4.70. The van der Waals surface area contributed by atoms with Gasteiger partial charge in [-0.05, 0) is 28.3 Å². The number of anilines is 1. The zero-order chi connectivity index (χ0) is 14.7. The molecule has 0 radical (unpaired) electrons. The van der Waals surface area contributed by atoms with Gasteiger partial charge in [-0.15, -0.1) is 11.8 Å². The first-order valence-corrected chi connectivity index (χ1v) is 9.95. The molecule has 3 nitrogen and oxygen atoms in total. The van der Waals surface area contributed by atoms with Crippen molar-refractivity contribution in [3.8, 4) is 0 Å². The summed E-state index contributed by atoms with van der Waals surface area (Å²) in [7, 11) is 1.92. The summed E-state index contributed by atoms with van der Waals surface area (Å²) in [4.78, 5) is 9.62. The minimum atomic E-state index is 0.388. The number of rotatable bonds is 4. The first-order chi connectivity index (χ1) is 9.58. The van der Waals surface area contributed by atoms with Gasteiger partial charge in [0.2, 0.25) is 0 Å². The molecule has 2 unspecified atom stereocenters. The number of nitrogens with zero attached hydrogens (tertiary/aromatic N) is 2. The molecule has 0 saturated carbocycles. The zero-order valence-electron chi connectivity index (χ0n) is 12.4. The summed E-state index contributed by atoms with van der Waals surface area (Å²) >= 11 is 7.70. The number of hydrogen-bond acceptors (Lipinski definition) is 5. The fourth-order valence-electron chi connectivity index (χ4n) is 2.30. The molecule has 0 aromatic carbocycles. The summed E-state index contributed by atoms with van der Waals surface area (Å²) in [6.45, 7) is 6.62. The van der Waals surface area contributed by atoms with Gasteiger partial charge in [0.25, 0.3) is 0 Å². The lowest BCUT2D eigenvalue weighted by molar-refractivity contribution is 0.721. The van der Waals surface area contributed by atoms with Crippen molar-refractivity contribution in [2.45, 2.75) is 43.6 Å². The quantitative estimate of drug-likeness (QED) is 0.824. The summed E-state index contributed by atoms with van der Waals surface area (Å²) in [5.41, 5.74) is 1.10. The lowest BCUT2D eigenvalue weighted by Gasteiger charge is -2.29. The lowest BCUT2D eigenvalue weighted by atomic mass is 10.1. The van der Waals surface area contributed by atoms with E-state index in [1.807, 2.05) is 18.8 Å². The fourth-order valence-corrected chi connectivity index (χ4v) is 6.12. The third-order valence-corrected chi connectivity index (χ3v) is 7.41. The maximum atomic E-state index is 4.87. The van der Waals surface area contributed by atoms with E-state index in [1.165, 1.54) is 17.9 Å². The number of hydrogen-bond donors (Lipinski definition) is 1. The van der Waals surface area contributed by atoms with E-state index in [0.29, 0.717) is 16.4 Å². The van der Waals surface area contributed by atoms with Crippen LogP contribution in [0.4, 0.5) is 5.82 Å². The average Bonchev–Trinajstić information content (AvgIpc) is 2.47. The van der Waals surface area contributed by atoms with E-state index in [4.69, 9.17) is 9.97 Å². The van der Waals surface area contributed by atoms with Crippen LogP contribution < -0.4 is 5.32 Å². The van der Waals surface area contributed by atoms with Crippen LogP contribution in [0.5, 0.6) is 0 Å². The van der Waals surface area contributed by atoms with E-state index in [0.717, 1.165) is 21.8 Å². The van der Waals surface area contributed by atoms with Gasteiger partial charge >= 0.3 is 0 Å². The normalized spacial score (nSPS) is 23.1. The number of thioether (sulfide) groups is 2. The fraction of sp³-hybridized carbons (Fsp3) is 0.714. The molecule has 0 bridgehead atoms. The molecular formula is C14H22BrN3S2. The summed E-state index contributed by atoms with van der Waals surface area (Å²) in [5, 5.41) is 4.23. The predicted molar refractivity (Wildman–Crippen MR) is 95.1 cm³/mol. The third kappa shape index (κ3) is 3.45. The molecule has 1 aliphatic rings. The van der Waals surface area contributed by atoms with Crippen molar-refractivity contribution in [2.24, 2.45) is 0 Å². The molecule has 0 amide bonds. The zero-order valence-corrected chi connectivity index (χ0v) is 15.7. The van der Waals surface area contributed by atoms with Crippen molar-refractivity contribution < 1.29 is 0 Å². The molecule has 6 heteroatoms. The van der Waals surface area contributed by atoms with Crippen molar-refractivity contribution in [3.63, 3.8) is 0 Å². The highest BCUT2D eigenvalue weighted by Gasteiger charge is 2.30. The van der Waals surface area contributed by atoms with Crippen molar-refractivity contribution in [1.29, 1.82) is 0 Å². The highest BCUT2D eigenvalue weighted by Crippen LogP contribution is 2.44. The van der Waals surface area contributed by atoms with Crippen molar-refractivity contribution in [2.75, 3.05) is 23.9 Å². The van der Waals surface area contributed by atoms with Crippen LogP contribution in [0.3, 0.4) is 0 Å². The molecule has 0 aliphatic carbocycles. The van der Waals surface area contributed by atoms with Crippen molar-refractivity contribution in [1.82, 2.24) is 9.97 Å². The highest BCUT2D eigenvalue weighted by molar-refractivity contribution is 9.10. The molecule has 0 spiro atoms. The van der Waals surface area contributed by atoms with Crippen molar-refractivity contribution in [3.05, 3.63) is 16.0 Å². The number of halogens is 1. The Labute approximate surface area is 138 Å². The largest absolute Gasteiger partial charge is 0.372 e. The Balaban J connectivity index is 2.42. The Morgan fingerprint density at radius 2 is 2.00 bits per heavy atom. The molecule has 1 N–H and O–H groups in total. The van der Waals surface area contributed by atoms with Gasteiger partial charge in [0.15, 0.2) is 0 Å². The van der Waals surface area contributed by atoms with Gasteiger partial charge in [-0.25, -0.2) is 9.97 Å². The van der Waals surface area contributed by atoms with E-state index in [-0.39, 0.29) is 0 Å². The van der Waals surface area contributed by atoms with Crippen LogP contribution >= 0.6 is 39.5 Å². The Kier molecular flexibility index (Phi) is 6.05. The Morgan fingerprint density at radius 1 is 1.30 bits per heavy atom. The summed E-state index contributed by atoms with van der Waals surface area (Å²) in [5.74, 6) is 4.72. The van der Waals surface area contributed by atoms with Crippen LogP contribution in [-0.2, 0) is 0 Å². The van der Waals surface area contributed by atoms with E-state index < -0.39 is 0 Å². The van der Waals surface area contributed by atoms with Crippen LogP contribution in [0.25, 0.3) is 0 Å². The van der Waals surface area contributed by atoms with Gasteiger partial charge in [0.1, 0.15) is 11.6 Å². The van der Waals surface area contributed by atoms with Gasteiger partial charge < -0.3 is 5.32 Å². The number of aromatic nitrogens is 2. The molecule has 2 atom stereocenters. The maximum absolute atomic E-state index is 4.87. The molecule has 1 saturated heterocycles. The van der Waals surface area contributed by atoms with Gasteiger partial charge in [-0.3, -0.25) is 0 Å². The molecule has 1 aromatic heterocycles. The van der Waals surface area contributed by atoms with Gasteiger partial charge in [0.05, 0.1) is 15.4 Å². The molecule has 1 fully saturated rings. The second-order valence-electron chi connectivity index (χ2n) is 5.14. The molecule has 2 heterocycles. The Bertz CT molecular complexity index is 468. The summed E-state index contributed by atoms with van der Waals surface area (Å²) in [6.07, 6.45) is 1.17. The SMILES string of the molecule is CCC1SCCSC1c1nc(NC)c(Br)c(C(C)C)n1. The summed E-state index contributed by atoms with van der Waals surface area (Å²) in [6, 6.07) is 0. The Hall–Kier alpha value is 0.0600. The lowest BCUT2D eigenvalue weighted by Crippen LogP contribution is -2.21. The molecule has 20 heavy (non-hydrogen) atoms. The highest BCUT2D eigenvalue weighted by atomic mass is 79.9. The van der Waals surface area contributed by atoms with E-state index in [9.17, 15) is 0 Å². The van der Waals surface area contributed by atoms with E-state index in [2.05, 4.69) is 53.8 Å². The van der Waals surface area contributed by atoms with Gasteiger partial charge in [0, 0.05) is 23.8 Å². The third-order valence-electron chi connectivity index (χ3n) is 3.39. The minimum absolute atomic E-state index is 0.388. The maximum Gasteiger partial charge on any atom is 0.145 e. The first-order valence-electron chi connectivity index (χ1n) is 7.06. The average molecular weight is 376 g/mol. The van der Waals surface area contributed by atoms with E-state index >= 15 is 0 Å². The first kappa shape index (κ1) is 16.4. The van der Waals surface area contributed by atoms with Gasteiger partial charge in [-0.2, -0.15) is 11.8 Å². The topological polar surface area (TPSA) is 37.8 Å². The van der Waals surface area contributed by atoms with Crippen LogP contribution in [0.15, 0.2) is 4.47 Å². The van der Waals surface area contributed by atoms with Crippen LogP contribution in [0, 0.1) is 0 Å². The molecule has 112 valence electrons. The van der Waals surface area contributed by atoms with E-state index in [1.54, 1.807) is 0 Å². The molecule has 2 rings (SSSR count). The smallest absolute Gasteiger partial charge is 0.145 e. The summed E-state index contributed by atoms with van der Waals surface area (Å²) < 4.78 is 1.00. The monoisotopic (exact) mass is 375 g/mol. The molecular weight excluding hydrogens is 354 g/mol.